The van der Waals surface area contributed by atoms with Crippen molar-refractivity contribution in [1.82, 2.24) is 4.57 Å². The number of nitrogens with zero attached hydrogens (tertiary/aromatic N) is 2. The molecule has 0 aliphatic carbocycles. The maximum Gasteiger partial charge on any atom is 0.0898 e. The van der Waals surface area contributed by atoms with Crippen LogP contribution in [-0.2, 0) is 5.45 Å². The average molecular weight is 253 g/mol. The summed E-state index contributed by atoms with van der Waals surface area (Å²) in [7, 11) is 0. The number of rotatable bonds is 2. The fourth-order valence-electron chi connectivity index (χ4n) is 1.53. The summed E-state index contributed by atoms with van der Waals surface area (Å²) in [4.78, 5) is 0. The lowest BCUT2D eigenvalue weighted by Gasteiger charge is -2.01. The number of alkyl halides is 1. The summed E-state index contributed by atoms with van der Waals surface area (Å²) >= 11 is 3.40. The molecule has 0 bridgehead atoms. The predicted molar refractivity (Wildman–Crippen MR) is 60.2 cm³/mol. The van der Waals surface area contributed by atoms with Crippen molar-refractivity contribution in [3.05, 3.63) is 36.0 Å². The molecule has 0 atom stereocenters. The van der Waals surface area contributed by atoms with Gasteiger partial charge in [-0.3, -0.25) is 0 Å². The van der Waals surface area contributed by atoms with Crippen LogP contribution >= 0.6 is 15.9 Å². The van der Waals surface area contributed by atoms with Crippen LogP contribution in [0.5, 0.6) is 0 Å². The highest BCUT2D eigenvalue weighted by Crippen LogP contribution is 2.19. The van der Waals surface area contributed by atoms with Crippen LogP contribution in [0, 0.1) is 0 Å². The van der Waals surface area contributed by atoms with Crippen LogP contribution in [-0.4, -0.2) is 16.0 Å². The number of hydrogen-bond donors (Lipinski definition) is 1. The van der Waals surface area contributed by atoms with E-state index in [9.17, 15) is 0 Å². The largest absolute Gasteiger partial charge is 0.411 e. The number of aromatic nitrogens is 1. The SMILES string of the molecule is O/N=C/c1cc2ccccc2n1CBr. The van der Waals surface area contributed by atoms with Crippen LogP contribution in [0.2, 0.25) is 0 Å². The van der Waals surface area contributed by atoms with Gasteiger partial charge in [0.2, 0.25) is 0 Å². The summed E-state index contributed by atoms with van der Waals surface area (Å²) in [5, 5.41) is 12.7. The molecule has 0 saturated carbocycles. The lowest BCUT2D eigenvalue weighted by Crippen LogP contribution is -1.96. The zero-order valence-electron chi connectivity index (χ0n) is 7.39. The minimum atomic E-state index is 0.682. The van der Waals surface area contributed by atoms with Crippen LogP contribution in [0.3, 0.4) is 0 Å². The highest BCUT2D eigenvalue weighted by molar-refractivity contribution is 9.08. The number of halogens is 1. The lowest BCUT2D eigenvalue weighted by molar-refractivity contribution is 0.321. The molecule has 0 spiro atoms. The third-order valence-electron chi connectivity index (χ3n) is 2.15. The van der Waals surface area contributed by atoms with E-state index in [1.54, 1.807) is 0 Å². The third-order valence-corrected chi connectivity index (χ3v) is 2.65. The van der Waals surface area contributed by atoms with Gasteiger partial charge in [0.05, 0.1) is 17.4 Å². The van der Waals surface area contributed by atoms with Crippen LogP contribution in [0.4, 0.5) is 0 Å². The van der Waals surface area contributed by atoms with Gasteiger partial charge in [-0.15, -0.1) is 0 Å². The summed E-state index contributed by atoms with van der Waals surface area (Å²) in [5.41, 5.74) is 2.69. The van der Waals surface area contributed by atoms with Crippen molar-refractivity contribution in [2.45, 2.75) is 5.45 Å². The molecule has 72 valence electrons. The first-order valence-electron chi connectivity index (χ1n) is 4.18. The number of para-hydroxylation sites is 1. The summed E-state index contributed by atoms with van der Waals surface area (Å²) < 4.78 is 2.02. The lowest BCUT2D eigenvalue weighted by atomic mass is 10.2. The summed E-state index contributed by atoms with van der Waals surface area (Å²) in [6.07, 6.45) is 1.43. The fourth-order valence-corrected chi connectivity index (χ4v) is 2.09. The fraction of sp³-hybridized carbons (Fsp3) is 0.100. The zero-order chi connectivity index (χ0) is 9.97. The van der Waals surface area contributed by atoms with E-state index in [-0.39, 0.29) is 0 Å². The Kier molecular flexibility index (Phi) is 2.54. The van der Waals surface area contributed by atoms with E-state index < -0.39 is 0 Å². The second kappa shape index (κ2) is 3.84. The molecule has 3 nitrogen and oxygen atoms in total. The number of fused-ring (bicyclic) bond motifs is 1. The van der Waals surface area contributed by atoms with E-state index in [0.717, 1.165) is 16.6 Å². The van der Waals surface area contributed by atoms with Gasteiger partial charge in [-0.1, -0.05) is 39.3 Å². The molecule has 4 heteroatoms. The molecule has 1 N–H and O–H groups in total. The molecule has 0 aliphatic heterocycles. The van der Waals surface area contributed by atoms with Crippen molar-refractivity contribution in [2.24, 2.45) is 5.16 Å². The van der Waals surface area contributed by atoms with Crippen molar-refractivity contribution in [3.8, 4) is 0 Å². The molecular formula is C10H9BrN2O. The standard InChI is InChI=1S/C10H9BrN2O/c11-7-13-9(6-12-14)5-8-3-1-2-4-10(8)13/h1-6,14H,7H2/b12-6+. The number of hydrogen-bond acceptors (Lipinski definition) is 2. The Labute approximate surface area is 89.8 Å². The Hall–Kier alpha value is -1.29. The van der Waals surface area contributed by atoms with Crippen LogP contribution < -0.4 is 0 Å². The van der Waals surface area contributed by atoms with E-state index in [1.165, 1.54) is 6.21 Å². The average Bonchev–Trinajstić information content (AvgIpc) is 2.55. The van der Waals surface area contributed by atoms with Crippen LogP contribution in [0.15, 0.2) is 35.5 Å². The Morgan fingerprint density at radius 1 is 1.43 bits per heavy atom. The number of oxime groups is 1. The van der Waals surface area contributed by atoms with E-state index in [1.807, 2.05) is 34.9 Å². The van der Waals surface area contributed by atoms with Gasteiger partial charge in [0.15, 0.2) is 0 Å². The Balaban J connectivity index is 2.72. The monoisotopic (exact) mass is 252 g/mol. The van der Waals surface area contributed by atoms with Crippen molar-refractivity contribution in [2.75, 3.05) is 0 Å². The molecule has 0 fully saturated rings. The van der Waals surface area contributed by atoms with Gasteiger partial charge in [0.25, 0.3) is 0 Å². The van der Waals surface area contributed by atoms with E-state index >= 15 is 0 Å². The molecule has 0 unspecified atom stereocenters. The maximum atomic E-state index is 8.51. The molecule has 2 aromatic rings. The van der Waals surface area contributed by atoms with Crippen molar-refractivity contribution in [3.63, 3.8) is 0 Å². The van der Waals surface area contributed by atoms with Gasteiger partial charge in [-0.2, -0.15) is 0 Å². The first kappa shape index (κ1) is 9.27. The molecular weight excluding hydrogens is 244 g/mol. The number of benzene rings is 1. The van der Waals surface area contributed by atoms with Crippen molar-refractivity contribution >= 4 is 33.0 Å². The summed E-state index contributed by atoms with van der Waals surface area (Å²) in [5.74, 6) is 0. The van der Waals surface area contributed by atoms with E-state index in [0.29, 0.717) is 5.45 Å². The van der Waals surface area contributed by atoms with Gasteiger partial charge in [-0.25, -0.2) is 0 Å². The van der Waals surface area contributed by atoms with Crippen molar-refractivity contribution in [1.29, 1.82) is 0 Å². The molecule has 14 heavy (non-hydrogen) atoms. The van der Waals surface area contributed by atoms with Crippen LogP contribution in [0.25, 0.3) is 10.9 Å². The quantitative estimate of drug-likeness (QED) is 0.380. The highest BCUT2D eigenvalue weighted by atomic mass is 79.9. The van der Waals surface area contributed by atoms with Gasteiger partial charge in [0.1, 0.15) is 0 Å². The first-order valence-corrected chi connectivity index (χ1v) is 5.30. The van der Waals surface area contributed by atoms with Gasteiger partial charge < -0.3 is 9.77 Å². The topological polar surface area (TPSA) is 37.5 Å². The minimum absolute atomic E-state index is 0.682. The first-order chi connectivity index (χ1) is 6.86. The maximum absolute atomic E-state index is 8.51. The smallest absolute Gasteiger partial charge is 0.0898 e. The second-order valence-electron chi connectivity index (χ2n) is 2.92. The normalized spacial score (nSPS) is 11.5. The second-order valence-corrected chi connectivity index (χ2v) is 3.42. The van der Waals surface area contributed by atoms with E-state index in [4.69, 9.17) is 5.21 Å². The Morgan fingerprint density at radius 3 is 2.93 bits per heavy atom. The summed E-state index contributed by atoms with van der Waals surface area (Å²) in [6, 6.07) is 10.0. The third kappa shape index (κ3) is 1.42. The molecule has 1 aromatic heterocycles. The zero-order valence-corrected chi connectivity index (χ0v) is 8.98. The highest BCUT2D eigenvalue weighted by Gasteiger charge is 2.04. The Morgan fingerprint density at radius 2 is 2.21 bits per heavy atom. The molecule has 1 aromatic carbocycles. The Bertz CT molecular complexity index is 476. The molecule has 2 rings (SSSR count). The van der Waals surface area contributed by atoms with Gasteiger partial charge in [0, 0.05) is 10.9 Å². The minimum Gasteiger partial charge on any atom is -0.411 e. The van der Waals surface area contributed by atoms with Gasteiger partial charge in [-0.05, 0) is 12.1 Å². The van der Waals surface area contributed by atoms with Gasteiger partial charge >= 0.3 is 0 Å². The molecule has 0 aliphatic rings. The molecule has 0 amide bonds. The van der Waals surface area contributed by atoms with Crippen LogP contribution in [0.1, 0.15) is 5.69 Å². The van der Waals surface area contributed by atoms with Crippen molar-refractivity contribution < 1.29 is 5.21 Å². The summed E-state index contributed by atoms with van der Waals surface area (Å²) in [6.45, 7) is 0. The molecule has 0 saturated heterocycles. The van der Waals surface area contributed by atoms with E-state index in [2.05, 4.69) is 21.1 Å². The molecule has 0 radical (unpaired) electrons. The molecule has 1 heterocycles. The predicted octanol–water partition coefficient (Wildman–Crippen LogP) is 2.80.